The second kappa shape index (κ2) is 7.32. The summed E-state index contributed by atoms with van der Waals surface area (Å²) < 4.78 is 8.57. The molecule has 0 radical (unpaired) electrons. The Hall–Kier alpha value is -4.42. The van der Waals surface area contributed by atoms with Crippen molar-refractivity contribution in [3.05, 3.63) is 102 Å². The molecule has 3 nitrogen and oxygen atoms in total. The highest BCUT2D eigenvalue weighted by atomic mass is 16.3. The van der Waals surface area contributed by atoms with Crippen LogP contribution in [0.4, 0.5) is 0 Å². The summed E-state index contributed by atoms with van der Waals surface area (Å²) in [6.45, 7) is 2.15. The largest absolute Gasteiger partial charge is 0.455 e. The molecule has 0 aliphatic carbocycles. The molecule has 0 aliphatic heterocycles. The second-order valence-corrected chi connectivity index (χ2v) is 8.45. The fraction of sp³-hybridized carbons (Fsp3) is 0.0667. The maximum absolute atomic E-state index is 9.91. The number of furan rings is 1. The molecule has 0 spiro atoms. The van der Waals surface area contributed by atoms with E-state index in [1.165, 1.54) is 16.5 Å². The molecule has 2 aromatic heterocycles. The molecule has 0 fully saturated rings. The summed E-state index contributed by atoms with van der Waals surface area (Å²) in [7, 11) is 2.06. The molecular formula is C30H21N2O+. The van der Waals surface area contributed by atoms with Gasteiger partial charge in [0.15, 0.2) is 6.20 Å². The molecule has 0 N–H and O–H groups in total. The van der Waals surface area contributed by atoms with Gasteiger partial charge in [-0.2, -0.15) is 5.26 Å². The van der Waals surface area contributed by atoms with E-state index in [0.29, 0.717) is 5.56 Å². The zero-order valence-corrected chi connectivity index (χ0v) is 18.5. The van der Waals surface area contributed by atoms with Crippen LogP contribution in [0.15, 0.2) is 95.5 Å². The van der Waals surface area contributed by atoms with Gasteiger partial charge >= 0.3 is 0 Å². The minimum Gasteiger partial charge on any atom is -0.455 e. The summed E-state index contributed by atoms with van der Waals surface area (Å²) >= 11 is 0. The number of rotatable bonds is 2. The fourth-order valence-corrected chi connectivity index (χ4v) is 4.91. The Labute approximate surface area is 191 Å². The van der Waals surface area contributed by atoms with E-state index in [0.717, 1.165) is 44.1 Å². The minimum absolute atomic E-state index is 0.615. The summed E-state index contributed by atoms with van der Waals surface area (Å²) in [5.41, 5.74) is 7.54. The highest BCUT2D eigenvalue weighted by Crippen LogP contribution is 2.41. The lowest BCUT2D eigenvalue weighted by molar-refractivity contribution is -0.660. The molecule has 156 valence electrons. The lowest BCUT2D eigenvalue weighted by Gasteiger charge is -2.08. The molecule has 2 heterocycles. The van der Waals surface area contributed by atoms with Crippen LogP contribution in [0, 0.1) is 18.3 Å². The normalized spacial score (nSPS) is 11.3. The zero-order chi connectivity index (χ0) is 22.5. The van der Waals surface area contributed by atoms with Gasteiger partial charge in [0.2, 0.25) is 5.69 Å². The Morgan fingerprint density at radius 2 is 1.67 bits per heavy atom. The number of nitriles is 1. The van der Waals surface area contributed by atoms with Crippen LogP contribution in [0.3, 0.4) is 0 Å². The van der Waals surface area contributed by atoms with Gasteiger partial charge in [0, 0.05) is 34.0 Å². The van der Waals surface area contributed by atoms with E-state index in [-0.39, 0.29) is 0 Å². The van der Waals surface area contributed by atoms with Crippen molar-refractivity contribution in [3.63, 3.8) is 0 Å². The predicted molar refractivity (Wildman–Crippen MR) is 133 cm³/mol. The highest BCUT2D eigenvalue weighted by Gasteiger charge is 2.21. The molecule has 0 amide bonds. The average Bonchev–Trinajstić information content (AvgIpc) is 3.23. The Morgan fingerprint density at radius 1 is 0.848 bits per heavy atom. The lowest BCUT2D eigenvalue weighted by atomic mass is 9.94. The smallest absolute Gasteiger partial charge is 0.212 e. The van der Waals surface area contributed by atoms with E-state index in [1.807, 2.05) is 36.4 Å². The number of hydrogen-bond donors (Lipinski definition) is 0. The molecule has 4 aromatic carbocycles. The van der Waals surface area contributed by atoms with Crippen LogP contribution >= 0.6 is 0 Å². The molecule has 6 rings (SSSR count). The SMILES string of the molecule is Cc1c(-c2cccc[n+]2C)ccc2oc3c(-c4ccc5ccccc5c4)c(C#N)ccc3c12. The fourth-order valence-electron chi connectivity index (χ4n) is 4.91. The number of aryl methyl sites for hydroxylation is 2. The molecule has 0 unspecified atom stereocenters. The Kier molecular flexibility index (Phi) is 4.28. The van der Waals surface area contributed by atoms with E-state index >= 15 is 0 Å². The van der Waals surface area contributed by atoms with Crippen molar-refractivity contribution in [2.75, 3.05) is 0 Å². The average molecular weight is 426 g/mol. The van der Waals surface area contributed by atoms with Crippen LogP contribution in [0.2, 0.25) is 0 Å². The van der Waals surface area contributed by atoms with Gasteiger partial charge in [-0.15, -0.1) is 0 Å². The van der Waals surface area contributed by atoms with E-state index in [2.05, 4.69) is 79.3 Å². The van der Waals surface area contributed by atoms with Gasteiger partial charge in [-0.25, -0.2) is 4.57 Å². The van der Waals surface area contributed by atoms with Crippen LogP contribution in [-0.4, -0.2) is 0 Å². The molecule has 6 aromatic rings. The molecular weight excluding hydrogens is 404 g/mol. The van der Waals surface area contributed by atoms with Gasteiger partial charge < -0.3 is 4.42 Å². The Bertz CT molecular complexity index is 1750. The zero-order valence-electron chi connectivity index (χ0n) is 18.5. The molecule has 3 heteroatoms. The van der Waals surface area contributed by atoms with Gasteiger partial charge in [-0.1, -0.05) is 36.4 Å². The van der Waals surface area contributed by atoms with Gasteiger partial charge in [-0.3, -0.25) is 0 Å². The van der Waals surface area contributed by atoms with Gasteiger partial charge in [0.25, 0.3) is 0 Å². The van der Waals surface area contributed by atoms with Crippen molar-refractivity contribution < 1.29 is 8.98 Å². The molecule has 0 saturated heterocycles. The summed E-state index contributed by atoms with van der Waals surface area (Å²) in [6, 6.07) is 31.3. The molecule has 0 saturated carbocycles. The molecule has 0 atom stereocenters. The van der Waals surface area contributed by atoms with Crippen LogP contribution in [-0.2, 0) is 7.05 Å². The summed E-state index contributed by atoms with van der Waals surface area (Å²) in [6.07, 6.45) is 2.06. The summed E-state index contributed by atoms with van der Waals surface area (Å²) in [5.74, 6) is 0. The van der Waals surface area contributed by atoms with Crippen molar-refractivity contribution in [2.45, 2.75) is 6.92 Å². The monoisotopic (exact) mass is 425 g/mol. The van der Waals surface area contributed by atoms with Crippen molar-refractivity contribution in [1.82, 2.24) is 0 Å². The Morgan fingerprint density at radius 3 is 2.48 bits per heavy atom. The number of hydrogen-bond acceptors (Lipinski definition) is 2. The van der Waals surface area contributed by atoms with Crippen molar-refractivity contribution in [3.8, 4) is 28.5 Å². The third-order valence-electron chi connectivity index (χ3n) is 6.56. The first-order valence-electron chi connectivity index (χ1n) is 11.0. The van der Waals surface area contributed by atoms with Crippen LogP contribution in [0.5, 0.6) is 0 Å². The number of benzene rings is 4. The van der Waals surface area contributed by atoms with E-state index in [4.69, 9.17) is 4.42 Å². The number of fused-ring (bicyclic) bond motifs is 4. The lowest BCUT2D eigenvalue weighted by Crippen LogP contribution is -2.30. The molecule has 0 aliphatic rings. The van der Waals surface area contributed by atoms with Crippen LogP contribution < -0.4 is 4.57 Å². The van der Waals surface area contributed by atoms with Gasteiger partial charge in [0.05, 0.1) is 11.6 Å². The number of nitrogens with zero attached hydrogens (tertiary/aromatic N) is 2. The van der Waals surface area contributed by atoms with Gasteiger partial charge in [-0.05, 0) is 65.2 Å². The number of pyridine rings is 1. The third-order valence-corrected chi connectivity index (χ3v) is 6.56. The van der Waals surface area contributed by atoms with Crippen molar-refractivity contribution in [2.24, 2.45) is 7.05 Å². The first-order chi connectivity index (χ1) is 16.2. The maximum Gasteiger partial charge on any atom is 0.212 e. The minimum atomic E-state index is 0.615. The highest BCUT2D eigenvalue weighted by molar-refractivity contribution is 6.13. The summed E-state index contributed by atoms with van der Waals surface area (Å²) in [5, 5.41) is 14.4. The molecule has 33 heavy (non-hydrogen) atoms. The first-order valence-corrected chi connectivity index (χ1v) is 11.0. The Balaban J connectivity index is 1.67. The molecule has 0 bridgehead atoms. The predicted octanol–water partition coefficient (Wildman–Crippen LogP) is 7.08. The van der Waals surface area contributed by atoms with Crippen molar-refractivity contribution >= 4 is 32.7 Å². The van der Waals surface area contributed by atoms with Crippen molar-refractivity contribution in [1.29, 1.82) is 5.26 Å². The van der Waals surface area contributed by atoms with Gasteiger partial charge in [0.1, 0.15) is 18.2 Å². The number of aromatic nitrogens is 1. The maximum atomic E-state index is 9.91. The second-order valence-electron chi connectivity index (χ2n) is 8.45. The first kappa shape index (κ1) is 19.3. The quantitative estimate of drug-likeness (QED) is 0.278. The topological polar surface area (TPSA) is 40.8 Å². The summed E-state index contributed by atoms with van der Waals surface area (Å²) in [4.78, 5) is 0. The van der Waals surface area contributed by atoms with Crippen LogP contribution in [0.1, 0.15) is 11.1 Å². The van der Waals surface area contributed by atoms with Crippen LogP contribution in [0.25, 0.3) is 55.1 Å². The van der Waals surface area contributed by atoms with E-state index < -0.39 is 0 Å². The van der Waals surface area contributed by atoms with E-state index in [1.54, 1.807) is 0 Å². The standard InChI is InChI=1S/C30H21N2O/c1-19-24(26-9-5-6-16-32(26)2)14-15-27-28(19)25-13-12-23(18-31)29(30(25)33-27)22-11-10-20-7-3-4-8-21(20)17-22/h3-17H,1-2H3/q+1. The van der Waals surface area contributed by atoms with E-state index in [9.17, 15) is 5.26 Å². The third kappa shape index (κ3) is 2.92.